The summed E-state index contributed by atoms with van der Waals surface area (Å²) in [6.45, 7) is 0. The molecule has 0 saturated heterocycles. The fourth-order valence-corrected chi connectivity index (χ4v) is 0.866. The van der Waals surface area contributed by atoms with Crippen molar-refractivity contribution in [3.8, 4) is 0 Å². The number of hydrogen-bond acceptors (Lipinski definition) is 3. The van der Waals surface area contributed by atoms with E-state index < -0.39 is 20.5 Å². The smallest absolute Gasteiger partial charge is 0.320 e. The molecule has 0 bridgehead atoms. The summed E-state index contributed by atoms with van der Waals surface area (Å²) in [7, 11) is -0.852. The summed E-state index contributed by atoms with van der Waals surface area (Å²) in [5.41, 5.74) is 5.08. The van der Waals surface area contributed by atoms with E-state index in [2.05, 4.69) is 0 Å². The first-order valence-corrected chi connectivity index (χ1v) is 3.89. The van der Waals surface area contributed by atoms with Gasteiger partial charge in [0.2, 0.25) is 0 Å². The van der Waals surface area contributed by atoms with Crippen molar-refractivity contribution >= 4 is 14.4 Å². The third-order valence-electron chi connectivity index (χ3n) is 0.913. The van der Waals surface area contributed by atoms with Crippen LogP contribution in [0, 0.1) is 0 Å². The molecule has 2 unspecified atom stereocenters. The van der Waals surface area contributed by atoms with Crippen LogP contribution in [0.25, 0.3) is 0 Å². The molecule has 0 aromatic carbocycles. The van der Waals surface area contributed by atoms with Gasteiger partial charge < -0.3 is 15.4 Å². The Balaban J connectivity index is 3.37. The lowest BCUT2D eigenvalue weighted by molar-refractivity contribution is -0.138. The van der Waals surface area contributed by atoms with Crippen LogP contribution in [0.3, 0.4) is 0 Å². The van der Waals surface area contributed by atoms with Gasteiger partial charge >= 0.3 is 5.97 Å². The van der Waals surface area contributed by atoms with E-state index in [4.69, 9.17) is 10.8 Å². The summed E-state index contributed by atoms with van der Waals surface area (Å²) < 4.78 is 9.89. The lowest BCUT2D eigenvalue weighted by atomic mass is 10.2. The van der Waals surface area contributed by atoms with Gasteiger partial charge in [-0.05, 0) is 12.6 Å². The number of nitrogens with two attached hydrogens (primary N) is 1. The first-order valence-electron chi connectivity index (χ1n) is 2.60. The Bertz CT molecular complexity index is 116. The van der Waals surface area contributed by atoms with E-state index in [1.54, 1.807) is 0 Å². The minimum absolute atomic E-state index is 0.314. The van der Waals surface area contributed by atoms with Gasteiger partial charge in [-0.25, -0.2) is 0 Å². The highest BCUT2D eigenvalue weighted by molar-refractivity contribution is 7.23. The van der Waals surface area contributed by atoms with Gasteiger partial charge in [0, 0.05) is 0 Å². The van der Waals surface area contributed by atoms with E-state index in [1.807, 2.05) is 0 Å². The number of carboxylic acids is 1. The van der Waals surface area contributed by atoms with Crippen molar-refractivity contribution in [2.24, 2.45) is 5.73 Å². The van der Waals surface area contributed by atoms with Crippen LogP contribution in [0.15, 0.2) is 0 Å². The van der Waals surface area contributed by atoms with E-state index in [0.29, 0.717) is 12.6 Å². The van der Waals surface area contributed by atoms with E-state index in [0.717, 1.165) is 0 Å². The molecular formula is C4H10NO3P. The van der Waals surface area contributed by atoms with Crippen molar-refractivity contribution in [3.05, 3.63) is 0 Å². The molecule has 2 atom stereocenters. The number of carbonyl (C=O) groups is 1. The van der Waals surface area contributed by atoms with Gasteiger partial charge in [-0.15, -0.1) is 0 Å². The van der Waals surface area contributed by atoms with Crippen LogP contribution in [-0.2, 0) is 9.36 Å². The second kappa shape index (κ2) is 4.53. The van der Waals surface area contributed by atoms with Crippen molar-refractivity contribution in [2.45, 2.75) is 12.5 Å². The summed E-state index contributed by atoms with van der Waals surface area (Å²) in [5, 5.41) is 8.19. The maximum absolute atomic E-state index is 9.99. The third-order valence-corrected chi connectivity index (χ3v) is 1.48. The molecule has 4 nitrogen and oxygen atoms in total. The molecule has 0 aliphatic carbocycles. The predicted octanol–water partition coefficient (Wildman–Crippen LogP) is -0.455. The monoisotopic (exact) mass is 151 g/mol. The van der Waals surface area contributed by atoms with Crippen LogP contribution >= 0.6 is 8.46 Å². The van der Waals surface area contributed by atoms with Gasteiger partial charge in [-0.3, -0.25) is 4.79 Å². The highest BCUT2D eigenvalue weighted by atomic mass is 31.1. The maximum Gasteiger partial charge on any atom is 0.320 e. The zero-order valence-corrected chi connectivity index (χ0v) is 6.06. The molecule has 54 valence electrons. The zero-order chi connectivity index (χ0) is 7.28. The molecule has 0 aromatic rings. The van der Waals surface area contributed by atoms with Crippen molar-refractivity contribution < 1.29 is 14.5 Å². The van der Waals surface area contributed by atoms with Crippen LogP contribution in [0.5, 0.6) is 0 Å². The molecular weight excluding hydrogens is 141 g/mol. The predicted molar refractivity (Wildman–Crippen MR) is 35.5 cm³/mol. The number of rotatable bonds is 4. The summed E-state index contributed by atoms with van der Waals surface area (Å²) in [6.07, 6.45) is 0.738. The highest BCUT2D eigenvalue weighted by Crippen LogP contribution is 1.97. The first kappa shape index (κ1) is 8.66. The molecule has 0 fully saturated rings. The lowest BCUT2D eigenvalue weighted by Crippen LogP contribution is -2.30. The fraction of sp³-hybridized carbons (Fsp3) is 0.750. The molecule has 0 aromatic heterocycles. The van der Waals surface area contributed by atoms with Crippen molar-refractivity contribution in [3.63, 3.8) is 0 Å². The Hall–Kier alpha value is -0.340. The summed E-state index contributed by atoms with van der Waals surface area (Å²) in [5.74, 6) is -1.03. The highest BCUT2D eigenvalue weighted by Gasteiger charge is 2.08. The molecule has 0 rings (SSSR count). The molecule has 0 spiro atoms. The Labute approximate surface area is 54.2 Å². The number of hydrogen-bond donors (Lipinski definition) is 2. The van der Waals surface area contributed by atoms with E-state index >= 15 is 0 Å². The SMILES string of the molecule is NC(CC[PH2]=O)C(=O)O. The third kappa shape index (κ3) is 4.18. The van der Waals surface area contributed by atoms with Crippen LogP contribution in [-0.4, -0.2) is 23.3 Å². The molecule has 0 amide bonds. The van der Waals surface area contributed by atoms with Gasteiger partial charge in [-0.2, -0.15) is 0 Å². The number of carboxylic acid groups (broad SMARTS) is 1. The topological polar surface area (TPSA) is 80.4 Å². The zero-order valence-electron chi connectivity index (χ0n) is 4.91. The summed E-state index contributed by atoms with van der Waals surface area (Å²) in [6, 6.07) is -0.841. The van der Waals surface area contributed by atoms with Gasteiger partial charge in [0.05, 0.1) is 8.46 Å². The van der Waals surface area contributed by atoms with Crippen LogP contribution in [0.1, 0.15) is 6.42 Å². The fourth-order valence-electron chi connectivity index (χ4n) is 0.371. The molecule has 0 aliphatic rings. The van der Waals surface area contributed by atoms with Gasteiger partial charge in [0.25, 0.3) is 0 Å². The van der Waals surface area contributed by atoms with E-state index in [1.165, 1.54) is 0 Å². The van der Waals surface area contributed by atoms with Crippen LogP contribution < -0.4 is 5.73 Å². The maximum atomic E-state index is 9.99. The Morgan fingerprint density at radius 1 is 1.78 bits per heavy atom. The van der Waals surface area contributed by atoms with Crippen molar-refractivity contribution in [2.75, 3.05) is 6.16 Å². The molecule has 0 heterocycles. The Kier molecular flexibility index (Phi) is 4.36. The van der Waals surface area contributed by atoms with E-state index in [9.17, 15) is 9.36 Å². The second-order valence-electron chi connectivity index (χ2n) is 1.69. The minimum Gasteiger partial charge on any atom is -0.480 e. The molecule has 0 aliphatic heterocycles. The summed E-state index contributed by atoms with van der Waals surface area (Å²) in [4.78, 5) is 9.99. The molecule has 9 heavy (non-hydrogen) atoms. The average molecular weight is 151 g/mol. The largest absolute Gasteiger partial charge is 0.480 e. The molecule has 5 heteroatoms. The van der Waals surface area contributed by atoms with Crippen LogP contribution in [0.2, 0.25) is 0 Å². The summed E-state index contributed by atoms with van der Waals surface area (Å²) >= 11 is 0. The molecule has 0 saturated carbocycles. The minimum atomic E-state index is -1.03. The number of aliphatic carboxylic acids is 1. The van der Waals surface area contributed by atoms with Crippen molar-refractivity contribution in [1.82, 2.24) is 0 Å². The second-order valence-corrected chi connectivity index (χ2v) is 2.60. The normalized spacial score (nSPS) is 14.3. The average Bonchev–Trinajstić information content (AvgIpc) is 1.82. The Morgan fingerprint density at radius 2 is 2.33 bits per heavy atom. The molecule has 3 N–H and O–H groups in total. The van der Waals surface area contributed by atoms with Gasteiger partial charge in [-0.1, -0.05) is 0 Å². The Morgan fingerprint density at radius 3 is 2.67 bits per heavy atom. The van der Waals surface area contributed by atoms with Crippen molar-refractivity contribution in [1.29, 1.82) is 0 Å². The van der Waals surface area contributed by atoms with E-state index in [-0.39, 0.29) is 0 Å². The van der Waals surface area contributed by atoms with Gasteiger partial charge in [0.1, 0.15) is 6.04 Å². The van der Waals surface area contributed by atoms with Crippen LogP contribution in [0.4, 0.5) is 0 Å². The van der Waals surface area contributed by atoms with Gasteiger partial charge in [0.15, 0.2) is 0 Å². The quantitative estimate of drug-likeness (QED) is 0.533. The lowest BCUT2D eigenvalue weighted by Gasteiger charge is -2.00. The standard InChI is InChI=1S/C4H10NO3P/c5-3(4(6)7)1-2-9-8/h3H,1-2,5,9H2,(H,6,7). The first-order chi connectivity index (χ1) is 4.18. The molecule has 0 radical (unpaired) electrons.